The number of nitrogens with two attached hydrogens (primary N) is 1. The second kappa shape index (κ2) is 6.29. The van der Waals surface area contributed by atoms with Crippen LogP contribution < -0.4 is 11.4 Å². The summed E-state index contributed by atoms with van der Waals surface area (Å²) in [5, 5.41) is 7.25. The molecule has 19 heavy (non-hydrogen) atoms. The Morgan fingerprint density at radius 2 is 2.32 bits per heavy atom. The zero-order valence-corrected chi connectivity index (χ0v) is 12.9. The Morgan fingerprint density at radius 3 is 3.00 bits per heavy atom. The van der Waals surface area contributed by atoms with E-state index in [0.29, 0.717) is 6.54 Å². The Labute approximate surface area is 123 Å². The van der Waals surface area contributed by atoms with E-state index in [1.165, 1.54) is 11.8 Å². The van der Waals surface area contributed by atoms with Crippen LogP contribution in [0.1, 0.15) is 18.9 Å². The molecule has 102 valence electrons. The van der Waals surface area contributed by atoms with Crippen molar-refractivity contribution in [2.45, 2.75) is 30.8 Å². The van der Waals surface area contributed by atoms with Crippen LogP contribution in [0, 0.1) is 0 Å². The normalized spacial score (nSPS) is 10.8. The number of aromatic nitrogens is 3. The molecule has 3 N–H and O–H groups in total. The summed E-state index contributed by atoms with van der Waals surface area (Å²) in [5.41, 5.74) is 7.40. The van der Waals surface area contributed by atoms with Crippen LogP contribution in [0.15, 0.2) is 32.6 Å². The van der Waals surface area contributed by atoms with Crippen molar-refractivity contribution in [3.63, 3.8) is 0 Å². The summed E-state index contributed by atoms with van der Waals surface area (Å²) in [7, 11) is 0. The van der Waals surface area contributed by atoms with E-state index in [0.717, 1.165) is 33.1 Å². The number of H-pyrrole nitrogens is 1. The minimum Gasteiger partial charge on any atom is -0.399 e. The van der Waals surface area contributed by atoms with Gasteiger partial charge in [0.1, 0.15) is 0 Å². The van der Waals surface area contributed by atoms with Crippen LogP contribution in [0.3, 0.4) is 0 Å². The molecule has 0 unspecified atom stereocenters. The second-order valence-corrected chi connectivity index (χ2v) is 5.90. The number of rotatable bonds is 5. The highest BCUT2D eigenvalue weighted by Gasteiger charge is 2.09. The Bertz CT molecular complexity index is 622. The molecule has 7 heteroatoms. The Hall–Kier alpha value is -1.21. The van der Waals surface area contributed by atoms with E-state index in [4.69, 9.17) is 5.73 Å². The van der Waals surface area contributed by atoms with Gasteiger partial charge in [-0.25, -0.2) is 9.89 Å². The average molecular weight is 343 g/mol. The van der Waals surface area contributed by atoms with E-state index in [-0.39, 0.29) is 5.69 Å². The first-order valence-corrected chi connectivity index (χ1v) is 7.71. The van der Waals surface area contributed by atoms with Gasteiger partial charge in [-0.3, -0.25) is 4.57 Å². The molecule has 0 fully saturated rings. The van der Waals surface area contributed by atoms with Crippen molar-refractivity contribution < 1.29 is 0 Å². The van der Waals surface area contributed by atoms with Crippen molar-refractivity contribution in [2.24, 2.45) is 0 Å². The minimum absolute atomic E-state index is 0.152. The van der Waals surface area contributed by atoms with Gasteiger partial charge in [0, 0.05) is 22.5 Å². The summed E-state index contributed by atoms with van der Waals surface area (Å²) in [6.45, 7) is 2.71. The van der Waals surface area contributed by atoms with E-state index in [1.54, 1.807) is 4.57 Å². The van der Waals surface area contributed by atoms with Crippen LogP contribution in [0.5, 0.6) is 0 Å². The van der Waals surface area contributed by atoms with Crippen LogP contribution in [0.25, 0.3) is 0 Å². The first-order chi connectivity index (χ1) is 9.11. The molecule has 1 aromatic heterocycles. The average Bonchev–Trinajstić information content (AvgIpc) is 2.71. The van der Waals surface area contributed by atoms with E-state index in [1.807, 2.05) is 25.1 Å². The number of aromatic amines is 1. The summed E-state index contributed by atoms with van der Waals surface area (Å²) >= 11 is 5.02. The van der Waals surface area contributed by atoms with Crippen LogP contribution in [-0.2, 0) is 12.3 Å². The van der Waals surface area contributed by atoms with Gasteiger partial charge < -0.3 is 5.73 Å². The number of anilines is 1. The van der Waals surface area contributed by atoms with E-state index in [2.05, 4.69) is 26.1 Å². The first kappa shape index (κ1) is 14.2. The van der Waals surface area contributed by atoms with Crippen LogP contribution >= 0.6 is 27.7 Å². The predicted octanol–water partition coefficient (Wildman–Crippen LogP) is 2.62. The highest BCUT2D eigenvalue weighted by molar-refractivity contribution is 9.10. The maximum Gasteiger partial charge on any atom is 0.343 e. The molecule has 2 rings (SSSR count). The summed E-state index contributed by atoms with van der Waals surface area (Å²) < 4.78 is 2.63. The largest absolute Gasteiger partial charge is 0.399 e. The zero-order valence-electron chi connectivity index (χ0n) is 10.5. The summed E-state index contributed by atoms with van der Waals surface area (Å²) in [6, 6.07) is 5.71. The van der Waals surface area contributed by atoms with Gasteiger partial charge in [0.25, 0.3) is 0 Å². The summed E-state index contributed by atoms with van der Waals surface area (Å²) in [6.07, 6.45) is 0.901. The SMILES string of the molecule is CCCn1c(SCc2ccc(N)cc2Br)n[nH]c1=O. The molecule has 5 nitrogen and oxygen atoms in total. The molecule has 0 spiro atoms. The summed E-state index contributed by atoms with van der Waals surface area (Å²) in [4.78, 5) is 11.6. The molecule has 0 atom stereocenters. The van der Waals surface area contributed by atoms with Gasteiger partial charge in [-0.05, 0) is 24.1 Å². The third-order valence-electron chi connectivity index (χ3n) is 2.60. The topological polar surface area (TPSA) is 76.7 Å². The molecule has 0 saturated heterocycles. The fourth-order valence-corrected chi connectivity index (χ4v) is 3.36. The molecule has 2 aromatic rings. The third kappa shape index (κ3) is 3.42. The van der Waals surface area contributed by atoms with E-state index >= 15 is 0 Å². The standard InChI is InChI=1S/C12H15BrN4OS/c1-2-5-17-11(18)15-16-12(17)19-7-8-3-4-9(14)6-10(8)13/h3-4,6H,2,5,7,14H2,1H3,(H,15,18). The first-order valence-electron chi connectivity index (χ1n) is 5.93. The fraction of sp³-hybridized carbons (Fsp3) is 0.333. The molecular weight excluding hydrogens is 328 g/mol. The Kier molecular flexibility index (Phi) is 4.71. The smallest absolute Gasteiger partial charge is 0.343 e. The minimum atomic E-state index is -0.152. The predicted molar refractivity (Wildman–Crippen MR) is 81.3 cm³/mol. The molecule has 0 aliphatic carbocycles. The number of halogens is 1. The highest BCUT2D eigenvalue weighted by atomic mass is 79.9. The number of nitrogens with zero attached hydrogens (tertiary/aromatic N) is 2. The molecule has 1 heterocycles. The number of nitrogens with one attached hydrogen (secondary N) is 1. The fourth-order valence-electron chi connectivity index (χ4n) is 1.66. The van der Waals surface area contributed by atoms with Gasteiger partial charge in [-0.15, -0.1) is 5.10 Å². The molecule has 0 radical (unpaired) electrons. The number of hydrogen-bond acceptors (Lipinski definition) is 4. The molecule has 0 bridgehead atoms. The van der Waals surface area contributed by atoms with Crippen molar-refractivity contribution in [1.82, 2.24) is 14.8 Å². The number of benzene rings is 1. The van der Waals surface area contributed by atoms with Gasteiger partial charge >= 0.3 is 5.69 Å². The van der Waals surface area contributed by atoms with Gasteiger partial charge in [-0.2, -0.15) is 0 Å². The molecule has 0 aliphatic rings. The monoisotopic (exact) mass is 342 g/mol. The second-order valence-electron chi connectivity index (χ2n) is 4.10. The molecular formula is C12H15BrN4OS. The maximum absolute atomic E-state index is 11.6. The van der Waals surface area contributed by atoms with Crippen LogP contribution in [0.2, 0.25) is 0 Å². The third-order valence-corrected chi connectivity index (χ3v) is 4.37. The van der Waals surface area contributed by atoms with Crippen molar-refractivity contribution in [1.29, 1.82) is 0 Å². The molecule has 0 saturated carbocycles. The summed E-state index contributed by atoms with van der Waals surface area (Å²) in [5.74, 6) is 0.731. The Morgan fingerprint density at radius 1 is 1.53 bits per heavy atom. The number of nitrogen functional groups attached to an aromatic ring is 1. The van der Waals surface area contributed by atoms with E-state index in [9.17, 15) is 4.79 Å². The van der Waals surface area contributed by atoms with Gasteiger partial charge in [0.2, 0.25) is 0 Å². The maximum atomic E-state index is 11.6. The van der Waals surface area contributed by atoms with Gasteiger partial charge in [-0.1, -0.05) is 40.7 Å². The highest BCUT2D eigenvalue weighted by Crippen LogP contribution is 2.26. The lowest BCUT2D eigenvalue weighted by atomic mass is 10.2. The van der Waals surface area contributed by atoms with Crippen molar-refractivity contribution >= 4 is 33.4 Å². The zero-order chi connectivity index (χ0) is 13.8. The molecule has 0 amide bonds. The van der Waals surface area contributed by atoms with Crippen molar-refractivity contribution in [2.75, 3.05) is 5.73 Å². The quantitative estimate of drug-likeness (QED) is 0.646. The number of thioether (sulfide) groups is 1. The molecule has 1 aromatic carbocycles. The molecule has 0 aliphatic heterocycles. The van der Waals surface area contributed by atoms with Crippen LogP contribution in [0.4, 0.5) is 5.69 Å². The number of hydrogen-bond donors (Lipinski definition) is 2. The van der Waals surface area contributed by atoms with Gasteiger partial charge in [0.05, 0.1) is 0 Å². The van der Waals surface area contributed by atoms with Crippen molar-refractivity contribution in [3.05, 3.63) is 38.7 Å². The lowest BCUT2D eigenvalue weighted by Gasteiger charge is -2.06. The van der Waals surface area contributed by atoms with Gasteiger partial charge in [0.15, 0.2) is 5.16 Å². The lowest BCUT2D eigenvalue weighted by Crippen LogP contribution is -2.17. The van der Waals surface area contributed by atoms with Crippen molar-refractivity contribution in [3.8, 4) is 0 Å². The Balaban J connectivity index is 2.12. The van der Waals surface area contributed by atoms with E-state index < -0.39 is 0 Å². The van der Waals surface area contributed by atoms with Crippen LogP contribution in [-0.4, -0.2) is 14.8 Å². The lowest BCUT2D eigenvalue weighted by molar-refractivity contribution is 0.604.